The molecular formula is C130H184N2O6S10. The molecule has 11 rings (SSSR count). The number of hydrogen-bond acceptors (Lipinski definition) is 17. The Labute approximate surface area is 936 Å². The normalized spacial score (nSPS) is 12.4. The maximum atomic E-state index is 13.7. The number of thiophene rings is 10. The molecule has 2 atom stereocenters. The van der Waals surface area contributed by atoms with Crippen molar-refractivity contribution < 1.29 is 28.5 Å². The molecule has 10 heterocycles. The first-order valence-electron chi connectivity index (χ1n) is 59.5. The van der Waals surface area contributed by atoms with Crippen LogP contribution in [0.1, 0.15) is 485 Å². The Balaban J connectivity index is 1.07. The smallest absolute Gasteiger partial charge is 0.348 e. The lowest BCUT2D eigenvalue weighted by Crippen LogP contribution is -2.12. The fourth-order valence-corrected chi connectivity index (χ4v) is 33.6. The van der Waals surface area contributed by atoms with Gasteiger partial charge in [-0.15, -0.1) is 113 Å². The molecule has 1 aromatic carbocycles. The highest BCUT2D eigenvalue weighted by Gasteiger charge is 2.32. The molecule has 0 N–H and O–H groups in total. The second-order valence-corrected chi connectivity index (χ2v) is 52.8. The molecule has 0 aliphatic carbocycles. The van der Waals surface area contributed by atoms with Crippen molar-refractivity contribution in [3.63, 3.8) is 0 Å². The lowest BCUT2D eigenvalue weighted by Gasteiger charge is -2.19. The number of nitrogens with zero attached hydrogens (tertiary/aromatic N) is 2. The van der Waals surface area contributed by atoms with Gasteiger partial charge < -0.3 is 18.9 Å². The number of fused-ring (bicyclic) bond motifs is 2. The molecule has 148 heavy (non-hydrogen) atoms. The molecule has 0 radical (unpaired) electrons. The number of carbonyl (C=O) groups is 2. The summed E-state index contributed by atoms with van der Waals surface area (Å²) in [6, 6.07) is 27.7. The summed E-state index contributed by atoms with van der Waals surface area (Å²) in [5, 5.41) is 13.0. The molecule has 0 spiro atoms. The lowest BCUT2D eigenvalue weighted by molar-refractivity contribution is -0.139. The van der Waals surface area contributed by atoms with Crippen LogP contribution in [-0.2, 0) is 70.4 Å². The van der Waals surface area contributed by atoms with Crippen LogP contribution in [0.5, 0.6) is 11.5 Å². The number of esters is 2. The molecular weight excluding hydrogens is 2010 g/mol. The summed E-state index contributed by atoms with van der Waals surface area (Å²) < 4.78 is 29.6. The van der Waals surface area contributed by atoms with E-state index in [1.54, 1.807) is 22.7 Å². The zero-order valence-electron chi connectivity index (χ0n) is 93.8. The molecule has 0 fully saturated rings. The molecule has 10 aromatic heterocycles. The summed E-state index contributed by atoms with van der Waals surface area (Å²) in [5.41, 5.74) is 11.6. The van der Waals surface area contributed by atoms with Crippen molar-refractivity contribution in [3.05, 3.63) is 138 Å². The van der Waals surface area contributed by atoms with Crippen LogP contribution in [0.4, 0.5) is 0 Å². The Hall–Kier alpha value is -6.26. The Morgan fingerprint density at radius 3 is 0.791 bits per heavy atom. The van der Waals surface area contributed by atoms with Gasteiger partial charge in [0, 0.05) is 98.6 Å². The van der Waals surface area contributed by atoms with Gasteiger partial charge in [-0.05, 0) is 258 Å². The summed E-state index contributed by atoms with van der Waals surface area (Å²) in [6.45, 7) is 42.8. The van der Waals surface area contributed by atoms with Crippen LogP contribution in [0.25, 0.3) is 115 Å². The van der Waals surface area contributed by atoms with E-state index in [1.165, 1.54) is 361 Å². The van der Waals surface area contributed by atoms with E-state index in [0.717, 1.165) is 188 Å². The van der Waals surface area contributed by atoms with Gasteiger partial charge in [0.25, 0.3) is 5.70 Å². The van der Waals surface area contributed by atoms with E-state index in [0.29, 0.717) is 38.3 Å². The SMILES string of the molecule is [C-]#[N+]/C(=C\c1cc(CCCCCC)c(-c2cc(CCCCCC)c(-c3cc(CCCCCC)c(-c4cc(CCCCCC)c(-c5cc6c(OCC(CC)CCCC)c7sc(-c8sc(-c9sc(-c%10sc(-c%11sc(/C=C(\C#N)C(=O)OCCCCCCCC)cc%11CCCCCC)cc%10CCCCCC)cc9CCCCCC)cc8CCCCCC)cc7c(OCC(CC)CCCC)c6s5)s4)s3)s2)s1)C(=O)OCCCCCCCC. The number of nitriles is 1. The predicted molar refractivity (Wildman–Crippen MR) is 661 cm³/mol. The van der Waals surface area contributed by atoms with Gasteiger partial charge in [0.15, 0.2) is 0 Å². The molecule has 11 aromatic rings. The first kappa shape index (κ1) is 122. The number of benzene rings is 1. The largest absolute Gasteiger partial charge is 0.491 e. The quantitative estimate of drug-likeness (QED) is 0.0123. The minimum absolute atomic E-state index is 0.0654. The van der Waals surface area contributed by atoms with Crippen LogP contribution in [0.3, 0.4) is 0 Å². The average molecular weight is 2190 g/mol. The van der Waals surface area contributed by atoms with Crippen molar-refractivity contribution in [3.8, 4) is 95.6 Å². The number of unbranched alkanes of at least 4 members (excludes halogenated alkanes) is 36. The van der Waals surface area contributed by atoms with Crippen molar-refractivity contribution in [1.82, 2.24) is 0 Å². The number of aryl methyl sites for hydroxylation is 8. The predicted octanol–water partition coefficient (Wildman–Crippen LogP) is 46.1. The molecule has 0 aliphatic heterocycles. The minimum atomic E-state index is -0.515. The highest BCUT2D eigenvalue weighted by Crippen LogP contribution is 2.59. The van der Waals surface area contributed by atoms with E-state index in [4.69, 9.17) is 25.5 Å². The van der Waals surface area contributed by atoms with Crippen molar-refractivity contribution in [2.45, 2.75) is 482 Å². The maximum absolute atomic E-state index is 13.7. The van der Waals surface area contributed by atoms with Crippen molar-refractivity contribution in [2.75, 3.05) is 26.4 Å². The summed E-state index contributed by atoms with van der Waals surface area (Å²) >= 11 is 19.6. The monoisotopic (exact) mass is 2190 g/mol. The molecule has 0 saturated heterocycles. The second-order valence-electron chi connectivity index (χ2n) is 42.2. The van der Waals surface area contributed by atoms with Gasteiger partial charge in [0.1, 0.15) is 23.1 Å². The van der Waals surface area contributed by atoms with E-state index >= 15 is 0 Å². The van der Waals surface area contributed by atoms with Gasteiger partial charge in [0.2, 0.25) is 0 Å². The van der Waals surface area contributed by atoms with Crippen LogP contribution in [0, 0.1) is 29.7 Å². The number of hydrogen-bond donors (Lipinski definition) is 0. The molecule has 2 unspecified atom stereocenters. The number of ether oxygens (including phenoxy) is 4. The zero-order valence-corrected chi connectivity index (χ0v) is 102. The summed E-state index contributed by atoms with van der Waals surface area (Å²) in [7, 11) is 0. The Bertz CT molecular complexity index is 5460. The Morgan fingerprint density at radius 1 is 0.291 bits per heavy atom. The Morgan fingerprint density at radius 2 is 0.527 bits per heavy atom. The van der Waals surface area contributed by atoms with Crippen LogP contribution < -0.4 is 9.47 Å². The Kier molecular flexibility index (Phi) is 56.8. The topological polar surface area (TPSA) is 99.2 Å². The molecule has 8 nitrogen and oxygen atoms in total. The molecule has 0 amide bonds. The maximum Gasteiger partial charge on any atom is 0.348 e. The first-order valence-corrected chi connectivity index (χ1v) is 67.7. The minimum Gasteiger partial charge on any atom is -0.491 e. The molecule has 18 heteroatoms. The average Bonchev–Trinajstić information content (AvgIpc) is 1.57. The van der Waals surface area contributed by atoms with Crippen molar-refractivity contribution in [1.29, 1.82) is 5.26 Å². The van der Waals surface area contributed by atoms with Crippen LogP contribution in [0.2, 0.25) is 0 Å². The van der Waals surface area contributed by atoms with Crippen molar-refractivity contribution >= 4 is 158 Å². The lowest BCUT2D eigenvalue weighted by atomic mass is 10.0. The van der Waals surface area contributed by atoms with Crippen molar-refractivity contribution in [2.24, 2.45) is 11.8 Å². The van der Waals surface area contributed by atoms with Crippen LogP contribution in [0.15, 0.2) is 71.9 Å². The van der Waals surface area contributed by atoms with E-state index in [1.807, 2.05) is 68.8 Å². The zero-order chi connectivity index (χ0) is 105. The van der Waals surface area contributed by atoms with E-state index in [-0.39, 0.29) is 11.3 Å². The molecule has 810 valence electrons. The fraction of sp³-hybridized carbons (Fsp3) is 0.615. The second kappa shape index (κ2) is 68.9. The first-order chi connectivity index (χ1) is 72.6. The van der Waals surface area contributed by atoms with E-state index < -0.39 is 11.9 Å². The highest BCUT2D eigenvalue weighted by molar-refractivity contribution is 7.32. The van der Waals surface area contributed by atoms with Gasteiger partial charge >= 0.3 is 11.9 Å². The standard InChI is InChI=1S/C130H184N2O6S10/c1-16-30-42-52-54-64-76-135-129(133)103(90-131)80-104-78-95(68-56-44-32-18-3)119(139-104)109-81-97(70-58-46-34-20-5)121(141-109)111-83-99(72-60-48-36-22-7)123(143-111)113-85-101(74-62-50-38-24-9)125(145-113)115-88-106-117(137-91-93(28-13)66-40-26-11)128-107(118(127(106)147-115)138-92-94(29-14)67-41-27-12)89-116(148-128)126-102(75-63-51-39-25-10)86-114(146-126)124-100(73-61-49-37-23-8)84-112(144-124)122-98(71-59-47-35-21-6)82-110(142-122)120-96(69-57-45-33-19-4)79-105(140-120)87-108(132-15)130(134)136-77-65-55-53-43-31-17-2/h78-89,93-94H,16-77,91-92H2,1-14H3/b103-80+,108-87-. The van der Waals surface area contributed by atoms with Gasteiger partial charge in [-0.1, -0.05) is 354 Å². The van der Waals surface area contributed by atoms with Gasteiger partial charge in [-0.2, -0.15) is 5.26 Å². The molecule has 0 saturated carbocycles. The summed E-state index contributed by atoms with van der Waals surface area (Å²) in [5.74, 6) is 1.91. The highest BCUT2D eigenvalue weighted by atomic mass is 32.1. The van der Waals surface area contributed by atoms with Gasteiger partial charge in [-0.3, -0.25) is 4.79 Å². The third-order valence-electron chi connectivity index (χ3n) is 29.8. The van der Waals surface area contributed by atoms with Gasteiger partial charge in [0.05, 0.1) is 42.4 Å². The molecule has 0 bridgehead atoms. The molecule has 0 aliphatic rings. The third-order valence-corrected chi connectivity index (χ3v) is 42.8. The van der Waals surface area contributed by atoms with E-state index in [2.05, 4.69) is 203 Å². The van der Waals surface area contributed by atoms with Crippen LogP contribution >= 0.6 is 113 Å². The summed E-state index contributed by atoms with van der Waals surface area (Å²) in [4.78, 5) is 55.0. The fourth-order valence-electron chi connectivity index (χ4n) is 20.6. The third kappa shape index (κ3) is 37.0. The van der Waals surface area contributed by atoms with E-state index in [9.17, 15) is 14.9 Å². The van der Waals surface area contributed by atoms with Gasteiger partial charge in [-0.25, -0.2) is 9.64 Å². The summed E-state index contributed by atoms with van der Waals surface area (Å²) in [6.07, 6.45) is 72.3. The van der Waals surface area contributed by atoms with Crippen LogP contribution in [-0.4, -0.2) is 38.4 Å². The number of carbonyl (C=O) groups excluding carboxylic acids is 2. The number of rotatable bonds is 80.